The van der Waals surface area contributed by atoms with Gasteiger partial charge in [-0.3, -0.25) is 14.5 Å². The number of rotatable bonds is 6. The first-order valence-corrected chi connectivity index (χ1v) is 7.28. The van der Waals surface area contributed by atoms with Gasteiger partial charge in [-0.2, -0.15) is 0 Å². The number of aryl methyl sites for hydroxylation is 1. The highest BCUT2D eigenvalue weighted by Gasteiger charge is 2.31. The maximum absolute atomic E-state index is 11.8. The summed E-state index contributed by atoms with van der Waals surface area (Å²) in [6.07, 6.45) is 0.644. The number of amides is 2. The van der Waals surface area contributed by atoms with Crippen LogP contribution in [0.4, 0.5) is 0 Å². The lowest BCUT2D eigenvalue weighted by Crippen LogP contribution is -2.38. The molecular formula is C16H22N2O3. The minimum Gasteiger partial charge on any atom is -0.496 e. The van der Waals surface area contributed by atoms with E-state index in [0.717, 1.165) is 23.4 Å². The van der Waals surface area contributed by atoms with E-state index >= 15 is 0 Å². The van der Waals surface area contributed by atoms with E-state index in [4.69, 9.17) is 4.74 Å². The highest BCUT2D eigenvalue weighted by Crippen LogP contribution is 2.28. The van der Waals surface area contributed by atoms with Crippen molar-refractivity contribution in [1.82, 2.24) is 10.2 Å². The van der Waals surface area contributed by atoms with Crippen molar-refractivity contribution in [3.63, 3.8) is 0 Å². The summed E-state index contributed by atoms with van der Waals surface area (Å²) in [4.78, 5) is 25.0. The predicted molar refractivity (Wildman–Crippen MR) is 80.1 cm³/mol. The Morgan fingerprint density at radius 3 is 2.52 bits per heavy atom. The average Bonchev–Trinajstić information content (AvgIpc) is 2.78. The molecule has 1 fully saturated rings. The van der Waals surface area contributed by atoms with Gasteiger partial charge in [0.25, 0.3) is 0 Å². The lowest BCUT2D eigenvalue weighted by molar-refractivity contribution is -0.138. The van der Waals surface area contributed by atoms with Crippen molar-refractivity contribution in [2.24, 2.45) is 0 Å². The van der Waals surface area contributed by atoms with Crippen LogP contribution in [0.5, 0.6) is 5.75 Å². The largest absolute Gasteiger partial charge is 0.496 e. The standard InChI is InChI=1S/C16H22N2O3/c1-4-17-13(10-18-15(19)7-8-16(18)20)12-9-11(2)5-6-14(12)21-3/h5-6,9,13,17H,4,7-8,10H2,1-3H3. The molecule has 1 N–H and O–H groups in total. The molecule has 2 amide bonds. The Morgan fingerprint density at radius 2 is 1.95 bits per heavy atom. The number of ether oxygens (including phenoxy) is 1. The van der Waals surface area contributed by atoms with Crippen LogP contribution in [0.25, 0.3) is 0 Å². The number of nitrogens with zero attached hydrogens (tertiary/aromatic N) is 1. The highest BCUT2D eigenvalue weighted by molar-refractivity contribution is 6.01. The van der Waals surface area contributed by atoms with Crippen LogP contribution in [0.15, 0.2) is 18.2 Å². The zero-order valence-electron chi connectivity index (χ0n) is 12.8. The number of hydrogen-bond donors (Lipinski definition) is 1. The fourth-order valence-electron chi connectivity index (χ4n) is 2.65. The average molecular weight is 290 g/mol. The third kappa shape index (κ3) is 3.42. The van der Waals surface area contributed by atoms with Gasteiger partial charge in [-0.15, -0.1) is 0 Å². The van der Waals surface area contributed by atoms with Crippen molar-refractivity contribution >= 4 is 11.8 Å². The third-order valence-corrected chi connectivity index (χ3v) is 3.73. The van der Waals surface area contributed by atoms with Crippen molar-refractivity contribution in [2.75, 3.05) is 20.2 Å². The number of nitrogens with one attached hydrogen (secondary N) is 1. The molecule has 114 valence electrons. The van der Waals surface area contributed by atoms with Crippen LogP contribution >= 0.6 is 0 Å². The van der Waals surface area contributed by atoms with E-state index in [2.05, 4.69) is 5.32 Å². The molecule has 1 aliphatic heterocycles. The lowest BCUT2D eigenvalue weighted by Gasteiger charge is -2.25. The quantitative estimate of drug-likeness (QED) is 0.812. The van der Waals surface area contributed by atoms with Crippen LogP contribution < -0.4 is 10.1 Å². The fourth-order valence-corrected chi connectivity index (χ4v) is 2.65. The Labute approximate surface area is 125 Å². The molecular weight excluding hydrogens is 268 g/mol. The van der Waals surface area contributed by atoms with Crippen LogP contribution in [-0.4, -0.2) is 36.9 Å². The molecule has 1 saturated heterocycles. The summed E-state index contributed by atoms with van der Waals surface area (Å²) >= 11 is 0. The molecule has 1 unspecified atom stereocenters. The number of hydrogen-bond acceptors (Lipinski definition) is 4. The van der Waals surface area contributed by atoms with E-state index in [-0.39, 0.29) is 17.9 Å². The molecule has 2 rings (SSSR count). The van der Waals surface area contributed by atoms with Crippen molar-refractivity contribution in [3.8, 4) is 5.75 Å². The summed E-state index contributed by atoms with van der Waals surface area (Å²) < 4.78 is 5.42. The minimum absolute atomic E-state index is 0.0884. The van der Waals surface area contributed by atoms with Crippen LogP contribution in [0.3, 0.4) is 0 Å². The highest BCUT2D eigenvalue weighted by atomic mass is 16.5. The Balaban J connectivity index is 2.28. The van der Waals surface area contributed by atoms with Gasteiger partial charge in [0.15, 0.2) is 0 Å². The second-order valence-electron chi connectivity index (χ2n) is 5.25. The summed E-state index contributed by atoms with van der Waals surface area (Å²) in [6, 6.07) is 5.83. The van der Waals surface area contributed by atoms with E-state index < -0.39 is 0 Å². The lowest BCUT2D eigenvalue weighted by atomic mass is 10.0. The summed E-state index contributed by atoms with van der Waals surface area (Å²) in [5.41, 5.74) is 2.10. The third-order valence-electron chi connectivity index (χ3n) is 3.73. The van der Waals surface area contributed by atoms with Crippen LogP contribution in [0.2, 0.25) is 0 Å². The smallest absolute Gasteiger partial charge is 0.229 e. The monoisotopic (exact) mass is 290 g/mol. The molecule has 0 spiro atoms. The number of benzene rings is 1. The van der Waals surface area contributed by atoms with E-state index in [9.17, 15) is 9.59 Å². The van der Waals surface area contributed by atoms with E-state index in [1.807, 2.05) is 32.0 Å². The van der Waals surface area contributed by atoms with Gasteiger partial charge in [-0.1, -0.05) is 24.6 Å². The molecule has 0 aliphatic carbocycles. The van der Waals surface area contributed by atoms with E-state index in [1.54, 1.807) is 7.11 Å². The van der Waals surface area contributed by atoms with Crippen molar-refractivity contribution < 1.29 is 14.3 Å². The first-order chi connectivity index (χ1) is 10.1. The Morgan fingerprint density at radius 1 is 1.29 bits per heavy atom. The molecule has 5 heteroatoms. The Kier molecular flexibility index (Phi) is 4.96. The number of likely N-dealkylation sites (tertiary alicyclic amines) is 1. The van der Waals surface area contributed by atoms with Gasteiger partial charge in [0.2, 0.25) is 11.8 Å². The first kappa shape index (κ1) is 15.5. The number of imide groups is 1. The van der Waals surface area contributed by atoms with Crippen molar-refractivity contribution in [3.05, 3.63) is 29.3 Å². The summed E-state index contributed by atoms with van der Waals surface area (Å²) in [5.74, 6) is 0.592. The molecule has 1 heterocycles. The number of likely N-dealkylation sites (N-methyl/N-ethyl adjacent to an activating group) is 1. The Bertz CT molecular complexity index is 526. The van der Waals surface area contributed by atoms with Crippen LogP contribution in [0.1, 0.15) is 36.9 Å². The summed E-state index contributed by atoms with van der Waals surface area (Å²) in [7, 11) is 1.63. The van der Waals surface area contributed by atoms with Crippen LogP contribution in [-0.2, 0) is 9.59 Å². The normalized spacial score (nSPS) is 16.4. The predicted octanol–water partition coefficient (Wildman–Crippen LogP) is 1.80. The molecule has 1 aromatic carbocycles. The van der Waals surface area contributed by atoms with Crippen molar-refractivity contribution in [2.45, 2.75) is 32.7 Å². The molecule has 5 nitrogen and oxygen atoms in total. The maximum atomic E-state index is 11.8. The van der Waals surface area contributed by atoms with E-state index in [1.165, 1.54) is 4.90 Å². The number of carbonyl (C=O) groups is 2. The zero-order valence-corrected chi connectivity index (χ0v) is 12.8. The molecule has 0 radical (unpaired) electrons. The molecule has 1 aliphatic rings. The van der Waals surface area contributed by atoms with Gasteiger partial charge in [-0.05, 0) is 19.5 Å². The maximum Gasteiger partial charge on any atom is 0.229 e. The van der Waals surface area contributed by atoms with Gasteiger partial charge in [0.05, 0.1) is 13.2 Å². The first-order valence-electron chi connectivity index (χ1n) is 7.28. The van der Waals surface area contributed by atoms with E-state index in [0.29, 0.717) is 19.4 Å². The second kappa shape index (κ2) is 6.72. The van der Waals surface area contributed by atoms with Gasteiger partial charge < -0.3 is 10.1 Å². The van der Waals surface area contributed by atoms with Crippen molar-refractivity contribution in [1.29, 1.82) is 0 Å². The minimum atomic E-state index is -0.115. The Hall–Kier alpha value is -1.88. The summed E-state index contributed by atoms with van der Waals surface area (Å²) in [5, 5.41) is 3.34. The number of methoxy groups -OCH3 is 1. The van der Waals surface area contributed by atoms with Gasteiger partial charge >= 0.3 is 0 Å². The topological polar surface area (TPSA) is 58.6 Å². The molecule has 21 heavy (non-hydrogen) atoms. The second-order valence-corrected chi connectivity index (χ2v) is 5.25. The molecule has 1 atom stereocenters. The van der Waals surface area contributed by atoms with Gasteiger partial charge in [0.1, 0.15) is 5.75 Å². The van der Waals surface area contributed by atoms with Crippen LogP contribution in [0, 0.1) is 6.92 Å². The SMILES string of the molecule is CCNC(CN1C(=O)CCC1=O)c1cc(C)ccc1OC. The van der Waals surface area contributed by atoms with Gasteiger partial charge in [-0.25, -0.2) is 0 Å². The fraction of sp³-hybridized carbons (Fsp3) is 0.500. The zero-order chi connectivity index (χ0) is 15.4. The molecule has 0 saturated carbocycles. The molecule has 0 bridgehead atoms. The van der Waals surface area contributed by atoms with Gasteiger partial charge in [0, 0.05) is 24.9 Å². The number of carbonyl (C=O) groups excluding carboxylic acids is 2. The summed E-state index contributed by atoms with van der Waals surface area (Å²) in [6.45, 7) is 5.12. The molecule has 1 aromatic rings. The molecule has 0 aromatic heterocycles.